The predicted octanol–water partition coefficient (Wildman–Crippen LogP) is 3.25. The molecule has 2 aromatic rings. The van der Waals surface area contributed by atoms with Crippen LogP contribution < -0.4 is 10.6 Å². The Morgan fingerprint density at radius 2 is 2.06 bits per heavy atom. The summed E-state index contributed by atoms with van der Waals surface area (Å²) in [5.74, 6) is -1.08. The van der Waals surface area contributed by atoms with Crippen LogP contribution in [0.15, 0.2) is 24.3 Å². The minimum absolute atomic E-state index is 0.0673. The second-order valence-electron chi connectivity index (χ2n) is 8.93. The molecule has 3 atom stereocenters. The number of carbonyl (C=O) groups is 3. The van der Waals surface area contributed by atoms with E-state index in [9.17, 15) is 19.6 Å². The summed E-state index contributed by atoms with van der Waals surface area (Å²) < 4.78 is 0. The number of carbonyl (C=O) groups excluding carboxylic acids is 3. The maximum Gasteiger partial charge on any atom is 0.224 e. The molecule has 7 heteroatoms. The predicted molar refractivity (Wildman–Crippen MR) is 118 cm³/mol. The molecule has 1 aromatic heterocycles. The summed E-state index contributed by atoms with van der Waals surface area (Å²) >= 11 is 0. The molecule has 164 valence electrons. The molecule has 0 saturated carbocycles. The molecule has 31 heavy (non-hydrogen) atoms. The van der Waals surface area contributed by atoms with Crippen LogP contribution in [0.4, 0.5) is 0 Å². The first kappa shape index (κ1) is 22.5. The van der Waals surface area contributed by atoms with Crippen molar-refractivity contribution in [3.8, 4) is 6.07 Å². The minimum Gasteiger partial charge on any atom is -0.356 e. The van der Waals surface area contributed by atoms with Crippen LogP contribution in [0.2, 0.25) is 0 Å². The van der Waals surface area contributed by atoms with Crippen LogP contribution in [0, 0.1) is 36.0 Å². The van der Waals surface area contributed by atoms with E-state index in [0.29, 0.717) is 25.1 Å². The number of nitrogens with one attached hydrogen (secondary N) is 3. The zero-order valence-electron chi connectivity index (χ0n) is 18.3. The molecule has 7 nitrogen and oxygen atoms in total. The molecule has 1 fully saturated rings. The third-order valence-electron chi connectivity index (χ3n) is 5.79. The Balaban J connectivity index is 1.69. The zero-order valence-corrected chi connectivity index (χ0v) is 18.3. The van der Waals surface area contributed by atoms with Gasteiger partial charge in [0.2, 0.25) is 11.8 Å². The summed E-state index contributed by atoms with van der Waals surface area (Å²) in [4.78, 5) is 40.9. The maximum absolute atomic E-state index is 13.0. The van der Waals surface area contributed by atoms with Crippen molar-refractivity contribution in [1.29, 1.82) is 5.26 Å². The number of hydrogen-bond donors (Lipinski definition) is 3. The topological polar surface area (TPSA) is 115 Å². The number of nitriles is 1. The number of Topliss-reactive ketones (excluding diaryl/α,β-unsaturated/α-hetero) is 1. The number of fused-ring (bicyclic) bond motifs is 1. The third-order valence-corrected chi connectivity index (χ3v) is 5.79. The molecule has 1 aliphatic heterocycles. The highest BCUT2D eigenvalue weighted by atomic mass is 16.2. The molecule has 0 spiro atoms. The van der Waals surface area contributed by atoms with E-state index in [4.69, 9.17) is 0 Å². The highest BCUT2D eigenvalue weighted by Crippen LogP contribution is 2.23. The zero-order chi connectivity index (χ0) is 22.5. The molecule has 2 heterocycles. The van der Waals surface area contributed by atoms with Gasteiger partial charge in [-0.25, -0.2) is 0 Å². The molecule has 3 N–H and O–H groups in total. The van der Waals surface area contributed by atoms with Crippen molar-refractivity contribution in [2.24, 2.45) is 17.8 Å². The summed E-state index contributed by atoms with van der Waals surface area (Å²) in [5.41, 5.74) is 2.48. The molecule has 3 rings (SSSR count). The Labute approximate surface area is 182 Å². The second-order valence-corrected chi connectivity index (χ2v) is 8.93. The van der Waals surface area contributed by atoms with Crippen molar-refractivity contribution in [1.82, 2.24) is 15.6 Å². The standard InChI is InChI=1S/C24H30N4O3/c1-14(2)8-18(24(31)27-19(13-25)10-17-6-7-26-23(17)30)12-22(29)21-11-16-5-4-15(3)9-20(16)28-21/h4-5,9,11,14,17-19,28H,6-8,10,12H2,1-3H3,(H,26,30)(H,27,31)/t17-,18+,19-/m0/s1. The van der Waals surface area contributed by atoms with Gasteiger partial charge in [0, 0.05) is 35.7 Å². The van der Waals surface area contributed by atoms with E-state index in [1.54, 1.807) is 0 Å². The lowest BCUT2D eigenvalue weighted by molar-refractivity contribution is -0.127. The molecule has 1 aliphatic rings. The maximum atomic E-state index is 13.0. The SMILES string of the molecule is Cc1ccc2cc(C(=O)C[C@@H](CC(C)C)C(=O)N[C@H](C#N)C[C@@H]3CCNC3=O)[nH]c2c1. The van der Waals surface area contributed by atoms with Gasteiger partial charge in [0.05, 0.1) is 11.8 Å². The van der Waals surface area contributed by atoms with Crippen molar-refractivity contribution in [3.05, 3.63) is 35.5 Å². The molecule has 0 bridgehead atoms. The molecular formula is C24H30N4O3. The van der Waals surface area contributed by atoms with E-state index in [1.165, 1.54) is 0 Å². The minimum atomic E-state index is -0.748. The molecular weight excluding hydrogens is 392 g/mol. The number of H-pyrrole nitrogens is 1. The first-order valence-electron chi connectivity index (χ1n) is 10.9. The van der Waals surface area contributed by atoms with E-state index in [0.717, 1.165) is 16.5 Å². The fraction of sp³-hybridized carbons (Fsp3) is 0.500. The fourth-order valence-electron chi connectivity index (χ4n) is 4.16. The summed E-state index contributed by atoms with van der Waals surface area (Å²) in [6.45, 7) is 6.60. The highest BCUT2D eigenvalue weighted by Gasteiger charge is 2.30. The number of hydrogen-bond acceptors (Lipinski definition) is 4. The van der Waals surface area contributed by atoms with E-state index in [1.807, 2.05) is 45.0 Å². The molecule has 0 unspecified atom stereocenters. The van der Waals surface area contributed by atoms with Crippen LogP contribution in [0.3, 0.4) is 0 Å². The molecule has 0 radical (unpaired) electrons. The quantitative estimate of drug-likeness (QED) is 0.538. The van der Waals surface area contributed by atoms with Gasteiger partial charge in [0.25, 0.3) is 0 Å². The van der Waals surface area contributed by atoms with Gasteiger partial charge in [0.1, 0.15) is 6.04 Å². The second kappa shape index (κ2) is 9.78. The number of aromatic amines is 1. The number of amides is 2. The number of ketones is 1. The van der Waals surface area contributed by atoms with Crippen molar-refractivity contribution in [3.63, 3.8) is 0 Å². The van der Waals surface area contributed by atoms with Gasteiger partial charge in [-0.2, -0.15) is 5.26 Å². The summed E-state index contributed by atoms with van der Waals surface area (Å²) in [5, 5.41) is 16.0. The summed E-state index contributed by atoms with van der Waals surface area (Å²) in [7, 11) is 0. The van der Waals surface area contributed by atoms with E-state index in [2.05, 4.69) is 21.7 Å². The lowest BCUT2D eigenvalue weighted by Crippen LogP contribution is -2.41. The monoisotopic (exact) mass is 422 g/mol. The first-order valence-corrected chi connectivity index (χ1v) is 10.9. The van der Waals surface area contributed by atoms with Crippen molar-refractivity contribution in [2.45, 2.75) is 52.5 Å². The molecule has 1 saturated heterocycles. The number of rotatable bonds is 9. The van der Waals surface area contributed by atoms with Crippen LogP contribution >= 0.6 is 0 Å². The Bertz CT molecular complexity index is 1020. The average Bonchev–Trinajstić information content (AvgIpc) is 3.32. The lowest BCUT2D eigenvalue weighted by Gasteiger charge is -2.21. The lowest BCUT2D eigenvalue weighted by atomic mass is 9.90. The van der Waals surface area contributed by atoms with Gasteiger partial charge in [-0.1, -0.05) is 26.0 Å². The number of aromatic nitrogens is 1. The van der Waals surface area contributed by atoms with Gasteiger partial charge >= 0.3 is 0 Å². The van der Waals surface area contributed by atoms with Crippen molar-refractivity contribution < 1.29 is 14.4 Å². The Kier molecular flexibility index (Phi) is 7.11. The summed E-state index contributed by atoms with van der Waals surface area (Å²) in [6.07, 6.45) is 1.56. The van der Waals surface area contributed by atoms with E-state index < -0.39 is 12.0 Å². The van der Waals surface area contributed by atoms with E-state index >= 15 is 0 Å². The Morgan fingerprint density at radius 3 is 2.71 bits per heavy atom. The van der Waals surface area contributed by atoms with Crippen LogP contribution in [0.25, 0.3) is 10.9 Å². The number of benzene rings is 1. The van der Waals surface area contributed by atoms with Crippen molar-refractivity contribution in [2.75, 3.05) is 6.54 Å². The van der Waals surface area contributed by atoms with Crippen molar-refractivity contribution >= 4 is 28.5 Å². The summed E-state index contributed by atoms with van der Waals surface area (Å²) in [6, 6.07) is 9.11. The smallest absolute Gasteiger partial charge is 0.224 e. The van der Waals surface area contributed by atoms with Gasteiger partial charge in [-0.05, 0) is 49.8 Å². The van der Waals surface area contributed by atoms with Crippen LogP contribution in [0.1, 0.15) is 55.6 Å². The van der Waals surface area contributed by atoms with Crippen LogP contribution in [0.5, 0.6) is 0 Å². The highest BCUT2D eigenvalue weighted by molar-refractivity contribution is 6.01. The van der Waals surface area contributed by atoms with Crippen LogP contribution in [-0.4, -0.2) is 35.2 Å². The molecule has 0 aliphatic carbocycles. The number of nitrogens with zero attached hydrogens (tertiary/aromatic N) is 1. The third kappa shape index (κ3) is 5.72. The molecule has 1 aromatic carbocycles. The van der Waals surface area contributed by atoms with E-state index in [-0.39, 0.29) is 42.3 Å². The average molecular weight is 423 g/mol. The largest absolute Gasteiger partial charge is 0.356 e. The van der Waals surface area contributed by atoms with Gasteiger partial charge in [-0.15, -0.1) is 0 Å². The first-order chi connectivity index (χ1) is 14.8. The molecule has 2 amide bonds. The van der Waals surface area contributed by atoms with Gasteiger partial charge in [0.15, 0.2) is 5.78 Å². The van der Waals surface area contributed by atoms with Gasteiger partial charge in [-0.3, -0.25) is 14.4 Å². The number of aryl methyl sites for hydroxylation is 1. The Hall–Kier alpha value is -3.14. The Morgan fingerprint density at radius 1 is 1.29 bits per heavy atom. The normalized spacial score (nSPS) is 17.9. The van der Waals surface area contributed by atoms with Gasteiger partial charge < -0.3 is 15.6 Å². The fourth-order valence-corrected chi connectivity index (χ4v) is 4.16. The van der Waals surface area contributed by atoms with Crippen LogP contribution in [-0.2, 0) is 9.59 Å².